The fourth-order valence-corrected chi connectivity index (χ4v) is 4.40. The first-order chi connectivity index (χ1) is 7.12. The first-order valence-corrected chi connectivity index (χ1v) is 9.08. The molecule has 0 aliphatic rings. The minimum Gasteiger partial charge on any atom is -0.302 e. The van der Waals surface area contributed by atoms with Crippen LogP contribution in [0.2, 0.25) is 0 Å². The average molecular weight is 391 g/mol. The Morgan fingerprint density at radius 3 is 0.895 bits per heavy atom. The van der Waals surface area contributed by atoms with Crippen molar-refractivity contribution in [2.45, 2.75) is 0 Å². The van der Waals surface area contributed by atoms with Gasteiger partial charge in [-0.05, 0) is 0 Å². The van der Waals surface area contributed by atoms with Gasteiger partial charge in [-0.2, -0.15) is 12.9 Å². The van der Waals surface area contributed by atoms with E-state index in [-0.39, 0.29) is 46.1 Å². The molecule has 19 heteroatoms. The Balaban J connectivity index is -0.00000128. The lowest BCUT2D eigenvalue weighted by Crippen LogP contribution is -1.95. The van der Waals surface area contributed by atoms with E-state index in [4.69, 9.17) is 29.4 Å². The Bertz CT molecular complexity index is 411. The zero-order valence-electron chi connectivity index (χ0n) is 7.33. The zero-order valence-corrected chi connectivity index (χ0v) is 10.9. The summed E-state index contributed by atoms with van der Waals surface area (Å²) in [7, 11) is -22.6. The van der Waals surface area contributed by atoms with E-state index in [2.05, 4.69) is 12.9 Å². The van der Waals surface area contributed by atoms with E-state index < -0.39 is 31.3 Å². The molecule has 0 radical (unpaired) electrons. The molecule has 13 nitrogen and oxygen atoms in total. The molecule has 0 aromatic rings. The van der Waals surface area contributed by atoms with Gasteiger partial charge in [0.1, 0.15) is 0 Å². The van der Waals surface area contributed by atoms with Gasteiger partial charge in [0.25, 0.3) is 0 Å². The number of phosphoric acid groups is 4. The number of hydrogen-bond donors (Lipinski definition) is 6. The summed E-state index contributed by atoms with van der Waals surface area (Å²) in [5.74, 6) is 0. The summed E-state index contributed by atoms with van der Waals surface area (Å²) in [6, 6.07) is 0. The summed E-state index contributed by atoms with van der Waals surface area (Å²) in [6.07, 6.45) is 0. The fourth-order valence-electron chi connectivity index (χ4n) is 0.429. The van der Waals surface area contributed by atoms with Crippen molar-refractivity contribution in [3.8, 4) is 0 Å². The molecule has 0 saturated heterocycles. The largest absolute Gasteiger partial charge is 0.490 e. The highest BCUT2D eigenvalue weighted by Crippen LogP contribution is 2.69. The standard InChI is InChI=1S/2Mg.H6O13P4.4H/c;;1-14(2,3)11-16(7,8)13-17(9,10)12-15(4,5)6;;;;/h;;(H,7,8)(H,9,10)(H2,1,2,3)(H2,4,5,6);;;;. The number of hydrogen-bond acceptors (Lipinski definition) is 7. The molecule has 2 unspecified atom stereocenters. The number of rotatable bonds is 6. The van der Waals surface area contributed by atoms with Crippen molar-refractivity contribution in [1.29, 1.82) is 0 Å². The quantitative estimate of drug-likeness (QED) is 0.206. The monoisotopic (exact) mass is 390 g/mol. The topological polar surface area (TPSA) is 217 Å². The van der Waals surface area contributed by atoms with Crippen LogP contribution in [0, 0.1) is 0 Å². The van der Waals surface area contributed by atoms with Gasteiger partial charge in [-0.3, -0.25) is 0 Å². The van der Waals surface area contributed by atoms with Crippen LogP contribution in [0.5, 0.6) is 0 Å². The Morgan fingerprint density at radius 2 is 0.737 bits per heavy atom. The Kier molecular flexibility index (Phi) is 11.8. The van der Waals surface area contributed by atoms with Gasteiger partial charge in [0.05, 0.1) is 0 Å². The van der Waals surface area contributed by atoms with Crippen LogP contribution in [0.1, 0.15) is 0 Å². The highest BCUT2D eigenvalue weighted by atomic mass is 31.3. The normalized spacial score (nSPS) is 18.4. The summed E-state index contributed by atoms with van der Waals surface area (Å²) >= 11 is 0. The molecular weight excluding hydrogens is 380 g/mol. The lowest BCUT2D eigenvalue weighted by molar-refractivity contribution is 0.194. The molecular formula is H10Mg2O13P4. The fraction of sp³-hybridized carbons (Fsp3) is 0. The molecule has 0 saturated carbocycles. The van der Waals surface area contributed by atoms with E-state index >= 15 is 0 Å². The van der Waals surface area contributed by atoms with Crippen LogP contribution in [0.15, 0.2) is 0 Å². The van der Waals surface area contributed by atoms with Crippen molar-refractivity contribution in [2.24, 2.45) is 0 Å². The summed E-state index contributed by atoms with van der Waals surface area (Å²) < 4.78 is 50.9. The maximum atomic E-state index is 10.7. The first-order valence-electron chi connectivity index (χ1n) is 3.03. The van der Waals surface area contributed by atoms with Crippen LogP contribution in [-0.2, 0) is 31.2 Å². The minimum absolute atomic E-state index is 0. The molecule has 112 valence electrons. The summed E-state index contributed by atoms with van der Waals surface area (Å²) in [4.78, 5) is 49.4. The summed E-state index contributed by atoms with van der Waals surface area (Å²) in [6.45, 7) is 0. The van der Waals surface area contributed by atoms with Gasteiger partial charge >= 0.3 is 77.4 Å². The second-order valence-corrected chi connectivity index (χ2v) is 7.96. The van der Waals surface area contributed by atoms with Crippen molar-refractivity contribution >= 4 is 77.4 Å². The van der Waals surface area contributed by atoms with Crippen molar-refractivity contribution in [2.75, 3.05) is 0 Å². The minimum atomic E-state index is -5.77. The zero-order chi connectivity index (χ0) is 14.1. The van der Waals surface area contributed by atoms with Crippen LogP contribution in [0.3, 0.4) is 0 Å². The van der Waals surface area contributed by atoms with Crippen LogP contribution >= 0.6 is 31.3 Å². The van der Waals surface area contributed by atoms with E-state index in [0.717, 1.165) is 0 Å². The Hall–Kier alpha value is 2.09. The van der Waals surface area contributed by atoms with E-state index in [9.17, 15) is 18.3 Å². The Morgan fingerprint density at radius 1 is 0.526 bits per heavy atom. The third-order valence-corrected chi connectivity index (χ3v) is 5.63. The molecule has 0 amide bonds. The van der Waals surface area contributed by atoms with Crippen molar-refractivity contribution in [3.63, 3.8) is 0 Å². The maximum absolute atomic E-state index is 10.7. The van der Waals surface area contributed by atoms with Gasteiger partial charge in [-0.25, -0.2) is 18.3 Å². The van der Waals surface area contributed by atoms with Gasteiger partial charge in [0.2, 0.25) is 0 Å². The molecule has 0 rings (SSSR count). The highest BCUT2D eigenvalue weighted by Gasteiger charge is 2.43. The molecule has 6 N–H and O–H groups in total. The molecule has 0 spiro atoms. The van der Waals surface area contributed by atoms with E-state index in [0.29, 0.717) is 0 Å². The van der Waals surface area contributed by atoms with Crippen LogP contribution in [0.4, 0.5) is 0 Å². The molecule has 0 aliphatic carbocycles. The first kappa shape index (κ1) is 26.0. The molecule has 0 aliphatic heterocycles. The van der Waals surface area contributed by atoms with Gasteiger partial charge in [0.15, 0.2) is 0 Å². The SMILES string of the molecule is O=P(O)(O)OP(=O)(O)OP(=O)(O)OP(=O)(O)O.[MgH2].[MgH2]. The second kappa shape index (κ2) is 8.65. The van der Waals surface area contributed by atoms with Gasteiger partial charge in [-0.15, -0.1) is 0 Å². The lowest BCUT2D eigenvalue weighted by atomic mass is 15.7. The smallest absolute Gasteiger partial charge is 0.302 e. The van der Waals surface area contributed by atoms with E-state index in [1.54, 1.807) is 0 Å². The molecule has 0 bridgehead atoms. The summed E-state index contributed by atoms with van der Waals surface area (Å²) in [5.41, 5.74) is 0. The van der Waals surface area contributed by atoms with Crippen LogP contribution in [-0.4, -0.2) is 75.5 Å². The highest BCUT2D eigenvalue weighted by molar-refractivity contribution is 7.69. The maximum Gasteiger partial charge on any atom is 0.490 e. The molecule has 2 atom stereocenters. The lowest BCUT2D eigenvalue weighted by Gasteiger charge is -2.15. The third-order valence-electron chi connectivity index (χ3n) is 0.625. The van der Waals surface area contributed by atoms with Crippen molar-refractivity contribution in [3.05, 3.63) is 0 Å². The van der Waals surface area contributed by atoms with Gasteiger partial charge < -0.3 is 29.4 Å². The predicted octanol–water partition coefficient (Wildman–Crippen LogP) is -2.41. The molecule has 0 aromatic heterocycles. The van der Waals surface area contributed by atoms with Crippen molar-refractivity contribution < 1.29 is 60.6 Å². The molecule has 0 aromatic carbocycles. The van der Waals surface area contributed by atoms with E-state index in [1.165, 1.54) is 0 Å². The van der Waals surface area contributed by atoms with Crippen molar-refractivity contribution in [1.82, 2.24) is 0 Å². The van der Waals surface area contributed by atoms with Gasteiger partial charge in [0, 0.05) is 0 Å². The molecule has 0 fully saturated rings. The summed E-state index contributed by atoms with van der Waals surface area (Å²) in [5, 5.41) is 0. The molecule has 0 heterocycles. The van der Waals surface area contributed by atoms with E-state index in [1.807, 2.05) is 0 Å². The van der Waals surface area contributed by atoms with Crippen LogP contribution < -0.4 is 0 Å². The average Bonchev–Trinajstić information content (AvgIpc) is 1.65. The second-order valence-electron chi connectivity index (χ2n) is 2.16. The van der Waals surface area contributed by atoms with Crippen LogP contribution in [0.25, 0.3) is 0 Å². The third kappa shape index (κ3) is 16.3. The van der Waals surface area contributed by atoms with Gasteiger partial charge in [-0.1, -0.05) is 0 Å². The predicted molar refractivity (Wildman–Crippen MR) is 64.1 cm³/mol. The molecule has 19 heavy (non-hydrogen) atoms. The Labute approximate surface area is 137 Å².